The molecule has 1 atom stereocenters. The number of hydrogen-bond acceptors (Lipinski definition) is 4. The van der Waals surface area contributed by atoms with Crippen LogP contribution in [0.5, 0.6) is 0 Å². The summed E-state index contributed by atoms with van der Waals surface area (Å²) in [6, 6.07) is 9.71. The highest BCUT2D eigenvalue weighted by molar-refractivity contribution is 6.05. The second kappa shape index (κ2) is 10.3. The van der Waals surface area contributed by atoms with Gasteiger partial charge in [-0.2, -0.15) is 0 Å². The van der Waals surface area contributed by atoms with E-state index in [1.807, 2.05) is 6.92 Å². The standard InChI is InChI=1S/C19H22FN3O2.2ClH/c1-12-4-5-13(21)9-16(12)19(24)23-14-6-7-18(17(20)10-14)22-11-15-3-2-8-25-15;;/h4-7,9-10,15,22H,2-3,8,11,21H2,1H3,(H,23,24);2*1H. The maximum Gasteiger partial charge on any atom is 0.256 e. The van der Waals surface area contributed by atoms with Crippen LogP contribution in [0.4, 0.5) is 21.5 Å². The van der Waals surface area contributed by atoms with Crippen molar-refractivity contribution in [2.24, 2.45) is 0 Å². The number of anilines is 3. The Morgan fingerprint density at radius 3 is 2.70 bits per heavy atom. The fourth-order valence-corrected chi connectivity index (χ4v) is 2.85. The van der Waals surface area contributed by atoms with E-state index in [1.165, 1.54) is 6.07 Å². The molecule has 3 rings (SSSR count). The maximum absolute atomic E-state index is 14.2. The fourth-order valence-electron chi connectivity index (χ4n) is 2.85. The molecule has 1 amide bonds. The van der Waals surface area contributed by atoms with Gasteiger partial charge in [-0.15, -0.1) is 24.8 Å². The highest BCUT2D eigenvalue weighted by Gasteiger charge is 2.16. The summed E-state index contributed by atoms with van der Waals surface area (Å²) in [5.74, 6) is -0.732. The van der Waals surface area contributed by atoms with Crippen LogP contribution < -0.4 is 16.4 Å². The summed E-state index contributed by atoms with van der Waals surface area (Å²) in [6.07, 6.45) is 2.16. The largest absolute Gasteiger partial charge is 0.399 e. The van der Waals surface area contributed by atoms with E-state index in [0.29, 0.717) is 29.2 Å². The van der Waals surface area contributed by atoms with Gasteiger partial charge in [-0.25, -0.2) is 4.39 Å². The van der Waals surface area contributed by atoms with Crippen molar-refractivity contribution in [1.29, 1.82) is 0 Å². The molecule has 1 unspecified atom stereocenters. The molecule has 0 radical (unpaired) electrons. The lowest BCUT2D eigenvalue weighted by atomic mass is 10.1. The van der Waals surface area contributed by atoms with Gasteiger partial charge in [0.25, 0.3) is 5.91 Å². The lowest BCUT2D eigenvalue weighted by Crippen LogP contribution is -2.19. The number of aryl methyl sites for hydroxylation is 1. The van der Waals surface area contributed by atoms with Gasteiger partial charge in [-0.3, -0.25) is 4.79 Å². The third kappa shape index (κ3) is 5.99. The first-order valence-electron chi connectivity index (χ1n) is 8.35. The van der Waals surface area contributed by atoms with E-state index >= 15 is 0 Å². The smallest absolute Gasteiger partial charge is 0.256 e. The van der Waals surface area contributed by atoms with Crippen molar-refractivity contribution in [3.05, 3.63) is 53.3 Å². The normalized spacial score (nSPS) is 15.4. The monoisotopic (exact) mass is 415 g/mol. The predicted octanol–water partition coefficient (Wildman–Crippen LogP) is 4.40. The molecule has 4 N–H and O–H groups in total. The third-order valence-corrected chi connectivity index (χ3v) is 4.28. The number of halogens is 3. The van der Waals surface area contributed by atoms with Gasteiger partial charge in [0.1, 0.15) is 5.82 Å². The summed E-state index contributed by atoms with van der Waals surface area (Å²) in [5, 5.41) is 5.76. The summed E-state index contributed by atoms with van der Waals surface area (Å²) in [5.41, 5.74) is 8.31. The van der Waals surface area contributed by atoms with Gasteiger partial charge in [-0.05, 0) is 55.7 Å². The van der Waals surface area contributed by atoms with Gasteiger partial charge >= 0.3 is 0 Å². The number of nitrogens with two attached hydrogens (primary N) is 1. The highest BCUT2D eigenvalue weighted by Crippen LogP contribution is 2.22. The number of carbonyl (C=O) groups excluding carboxylic acids is 1. The van der Waals surface area contributed by atoms with E-state index in [0.717, 1.165) is 25.0 Å². The second-order valence-electron chi connectivity index (χ2n) is 6.24. The minimum atomic E-state index is -0.417. The quantitative estimate of drug-likeness (QED) is 0.632. The first kappa shape index (κ1) is 23.0. The van der Waals surface area contributed by atoms with Gasteiger partial charge < -0.3 is 21.1 Å². The zero-order chi connectivity index (χ0) is 17.8. The molecule has 0 saturated carbocycles. The van der Waals surface area contributed by atoms with Crippen molar-refractivity contribution in [1.82, 2.24) is 0 Å². The minimum Gasteiger partial charge on any atom is -0.399 e. The molecule has 0 aromatic heterocycles. The summed E-state index contributed by atoms with van der Waals surface area (Å²) in [7, 11) is 0. The molecule has 0 aliphatic carbocycles. The Hall–Kier alpha value is -2.02. The number of rotatable bonds is 5. The van der Waals surface area contributed by atoms with Crippen LogP contribution in [0.1, 0.15) is 28.8 Å². The van der Waals surface area contributed by atoms with Crippen LogP contribution in [0.25, 0.3) is 0 Å². The van der Waals surface area contributed by atoms with Crippen LogP contribution in [0.2, 0.25) is 0 Å². The van der Waals surface area contributed by atoms with Crippen LogP contribution >= 0.6 is 24.8 Å². The first-order chi connectivity index (χ1) is 12.0. The molecule has 2 aromatic carbocycles. The molecule has 2 aromatic rings. The molecular formula is C19H24Cl2FN3O2. The molecule has 1 heterocycles. The number of benzene rings is 2. The van der Waals surface area contributed by atoms with Crippen LogP contribution in [0, 0.1) is 12.7 Å². The van der Waals surface area contributed by atoms with Crippen molar-refractivity contribution in [3.63, 3.8) is 0 Å². The average Bonchev–Trinajstić information content (AvgIpc) is 3.09. The van der Waals surface area contributed by atoms with Crippen LogP contribution in [-0.2, 0) is 4.74 Å². The van der Waals surface area contributed by atoms with Gasteiger partial charge in [-0.1, -0.05) is 6.07 Å². The Balaban J connectivity index is 0.00000182. The van der Waals surface area contributed by atoms with Crippen molar-refractivity contribution in [2.75, 3.05) is 29.5 Å². The van der Waals surface area contributed by atoms with E-state index < -0.39 is 5.82 Å². The molecule has 8 heteroatoms. The van der Waals surface area contributed by atoms with Crippen molar-refractivity contribution in [3.8, 4) is 0 Å². The van der Waals surface area contributed by atoms with Crippen LogP contribution in [0.15, 0.2) is 36.4 Å². The Morgan fingerprint density at radius 1 is 1.26 bits per heavy atom. The number of nitrogens with one attached hydrogen (secondary N) is 2. The number of amides is 1. The summed E-state index contributed by atoms with van der Waals surface area (Å²) < 4.78 is 19.8. The molecule has 0 spiro atoms. The van der Waals surface area contributed by atoms with Gasteiger partial charge in [0.2, 0.25) is 0 Å². The third-order valence-electron chi connectivity index (χ3n) is 4.28. The molecule has 5 nitrogen and oxygen atoms in total. The Kier molecular flexibility index (Phi) is 8.82. The Morgan fingerprint density at radius 2 is 2.04 bits per heavy atom. The van der Waals surface area contributed by atoms with Crippen molar-refractivity contribution in [2.45, 2.75) is 25.9 Å². The first-order valence-corrected chi connectivity index (χ1v) is 8.35. The number of hydrogen-bond donors (Lipinski definition) is 3. The Bertz CT molecular complexity index is 784. The predicted molar refractivity (Wildman–Crippen MR) is 112 cm³/mol. The minimum absolute atomic E-state index is 0. The Labute approximate surface area is 170 Å². The summed E-state index contributed by atoms with van der Waals surface area (Å²) in [6.45, 7) is 3.17. The lowest BCUT2D eigenvalue weighted by Gasteiger charge is -2.14. The number of nitrogen functional groups attached to an aromatic ring is 1. The molecule has 27 heavy (non-hydrogen) atoms. The van der Waals surface area contributed by atoms with Gasteiger partial charge in [0.05, 0.1) is 11.8 Å². The van der Waals surface area contributed by atoms with E-state index in [2.05, 4.69) is 10.6 Å². The molecule has 1 aliphatic heterocycles. The fraction of sp³-hybridized carbons (Fsp3) is 0.316. The highest BCUT2D eigenvalue weighted by atomic mass is 35.5. The van der Waals surface area contributed by atoms with E-state index in [4.69, 9.17) is 10.5 Å². The average molecular weight is 416 g/mol. The topological polar surface area (TPSA) is 76.4 Å². The molecule has 148 valence electrons. The molecule has 0 bridgehead atoms. The second-order valence-corrected chi connectivity index (χ2v) is 6.24. The molecular weight excluding hydrogens is 392 g/mol. The number of ether oxygens (including phenoxy) is 1. The zero-order valence-electron chi connectivity index (χ0n) is 15.0. The van der Waals surface area contributed by atoms with Crippen molar-refractivity contribution < 1.29 is 13.9 Å². The molecule has 1 saturated heterocycles. The van der Waals surface area contributed by atoms with Crippen LogP contribution in [-0.4, -0.2) is 25.2 Å². The number of carbonyl (C=O) groups is 1. The SMILES string of the molecule is Cc1ccc(N)cc1C(=O)Nc1ccc(NCC2CCCO2)c(F)c1.Cl.Cl. The van der Waals surface area contributed by atoms with E-state index in [-0.39, 0.29) is 36.8 Å². The zero-order valence-corrected chi connectivity index (χ0v) is 16.6. The van der Waals surface area contributed by atoms with Crippen LogP contribution in [0.3, 0.4) is 0 Å². The van der Waals surface area contributed by atoms with Crippen molar-refractivity contribution >= 4 is 47.8 Å². The summed E-state index contributed by atoms with van der Waals surface area (Å²) >= 11 is 0. The van der Waals surface area contributed by atoms with Gasteiger partial charge in [0.15, 0.2) is 0 Å². The lowest BCUT2D eigenvalue weighted by molar-refractivity contribution is 0.102. The maximum atomic E-state index is 14.2. The molecule has 1 aliphatic rings. The van der Waals surface area contributed by atoms with E-state index in [1.54, 1.807) is 30.3 Å². The summed E-state index contributed by atoms with van der Waals surface area (Å²) in [4.78, 5) is 12.4. The van der Waals surface area contributed by atoms with E-state index in [9.17, 15) is 9.18 Å². The molecule has 1 fully saturated rings. The van der Waals surface area contributed by atoms with Gasteiger partial charge in [0, 0.05) is 30.1 Å².